The summed E-state index contributed by atoms with van der Waals surface area (Å²) in [6, 6.07) is 7.25. The number of para-hydroxylation sites is 1. The highest BCUT2D eigenvalue weighted by Crippen LogP contribution is 2.06. The van der Waals surface area contributed by atoms with Crippen molar-refractivity contribution < 1.29 is 0 Å². The minimum absolute atomic E-state index is 0.119. The van der Waals surface area contributed by atoms with Crippen LogP contribution in [0.1, 0.15) is 5.56 Å². The molecule has 1 aromatic heterocycles. The molecule has 0 saturated heterocycles. The van der Waals surface area contributed by atoms with Crippen LogP contribution >= 0.6 is 12.2 Å². The zero-order valence-electron chi connectivity index (χ0n) is 7.28. The van der Waals surface area contributed by atoms with E-state index in [4.69, 9.17) is 18.0 Å². The zero-order chi connectivity index (χ0) is 10.1. The molecule has 0 bridgehead atoms. The molecule has 0 aliphatic rings. The van der Waals surface area contributed by atoms with Gasteiger partial charge in [0.1, 0.15) is 4.99 Å². The SMILES string of the molecule is NC(=S)c1c[nH]c2ccccc2c1=O. The van der Waals surface area contributed by atoms with Gasteiger partial charge in [0.15, 0.2) is 5.43 Å². The first kappa shape index (κ1) is 8.90. The van der Waals surface area contributed by atoms with E-state index in [0.29, 0.717) is 10.9 Å². The van der Waals surface area contributed by atoms with E-state index < -0.39 is 0 Å². The lowest BCUT2D eigenvalue weighted by Gasteiger charge is -2.00. The van der Waals surface area contributed by atoms with Crippen molar-refractivity contribution in [2.24, 2.45) is 5.73 Å². The van der Waals surface area contributed by atoms with Crippen LogP contribution in [-0.4, -0.2) is 9.97 Å². The summed E-state index contributed by atoms with van der Waals surface area (Å²) in [4.78, 5) is 14.9. The molecule has 14 heavy (non-hydrogen) atoms. The Morgan fingerprint density at radius 1 is 1.36 bits per heavy atom. The number of pyridine rings is 1. The van der Waals surface area contributed by atoms with E-state index in [1.54, 1.807) is 18.3 Å². The Labute approximate surface area is 85.6 Å². The Bertz CT molecular complexity index is 559. The Hall–Kier alpha value is -1.68. The summed E-state index contributed by atoms with van der Waals surface area (Å²) >= 11 is 4.77. The van der Waals surface area contributed by atoms with E-state index in [1.807, 2.05) is 12.1 Å². The third-order valence-corrected chi connectivity index (χ3v) is 2.27. The summed E-state index contributed by atoms with van der Waals surface area (Å²) in [7, 11) is 0. The van der Waals surface area contributed by atoms with E-state index in [0.717, 1.165) is 5.52 Å². The van der Waals surface area contributed by atoms with Crippen LogP contribution in [0.2, 0.25) is 0 Å². The molecular weight excluding hydrogens is 196 g/mol. The normalized spacial score (nSPS) is 10.3. The Morgan fingerprint density at radius 3 is 2.79 bits per heavy atom. The molecule has 2 aromatic rings. The monoisotopic (exact) mass is 204 g/mol. The molecule has 4 heteroatoms. The topological polar surface area (TPSA) is 58.9 Å². The molecule has 3 N–H and O–H groups in total. The first-order valence-electron chi connectivity index (χ1n) is 4.10. The van der Waals surface area contributed by atoms with Gasteiger partial charge >= 0.3 is 0 Å². The number of hydrogen-bond acceptors (Lipinski definition) is 2. The van der Waals surface area contributed by atoms with Gasteiger partial charge in [0.25, 0.3) is 0 Å². The number of benzene rings is 1. The maximum absolute atomic E-state index is 11.8. The van der Waals surface area contributed by atoms with Gasteiger partial charge in [-0.25, -0.2) is 0 Å². The lowest BCUT2D eigenvalue weighted by molar-refractivity contribution is 1.37. The quantitative estimate of drug-likeness (QED) is 0.685. The molecule has 70 valence electrons. The minimum atomic E-state index is -0.119. The van der Waals surface area contributed by atoms with Crippen LogP contribution in [-0.2, 0) is 0 Å². The fourth-order valence-corrected chi connectivity index (χ4v) is 1.50. The largest absolute Gasteiger partial charge is 0.389 e. The average Bonchev–Trinajstić information content (AvgIpc) is 2.18. The number of hydrogen-bond donors (Lipinski definition) is 2. The van der Waals surface area contributed by atoms with Crippen LogP contribution in [0, 0.1) is 0 Å². The van der Waals surface area contributed by atoms with Crippen LogP contribution in [0.25, 0.3) is 10.9 Å². The maximum atomic E-state index is 11.8. The fraction of sp³-hybridized carbons (Fsp3) is 0. The zero-order valence-corrected chi connectivity index (χ0v) is 8.10. The molecule has 0 atom stereocenters. The van der Waals surface area contributed by atoms with Gasteiger partial charge in [-0.15, -0.1) is 0 Å². The molecule has 1 heterocycles. The molecule has 0 aliphatic heterocycles. The van der Waals surface area contributed by atoms with Crippen LogP contribution in [0.3, 0.4) is 0 Å². The fourth-order valence-electron chi connectivity index (χ4n) is 1.35. The average molecular weight is 204 g/mol. The molecule has 0 aliphatic carbocycles. The van der Waals surface area contributed by atoms with Crippen molar-refractivity contribution >= 4 is 28.1 Å². The smallest absolute Gasteiger partial charge is 0.199 e. The van der Waals surface area contributed by atoms with Crippen molar-refractivity contribution in [3.63, 3.8) is 0 Å². The van der Waals surface area contributed by atoms with Crippen molar-refractivity contribution in [3.05, 3.63) is 46.2 Å². The van der Waals surface area contributed by atoms with Gasteiger partial charge < -0.3 is 10.7 Å². The van der Waals surface area contributed by atoms with Gasteiger partial charge in [-0.1, -0.05) is 24.4 Å². The second-order valence-electron chi connectivity index (χ2n) is 2.94. The Kier molecular flexibility index (Phi) is 2.05. The number of nitrogens with one attached hydrogen (secondary N) is 1. The molecule has 2 rings (SSSR count). The van der Waals surface area contributed by atoms with Gasteiger partial charge in [-0.3, -0.25) is 4.79 Å². The molecule has 0 fully saturated rings. The molecular formula is C10H8N2OS. The first-order chi connectivity index (χ1) is 6.70. The predicted molar refractivity (Wildman–Crippen MR) is 60.5 cm³/mol. The number of fused-ring (bicyclic) bond motifs is 1. The van der Waals surface area contributed by atoms with E-state index in [-0.39, 0.29) is 10.4 Å². The molecule has 0 amide bonds. The maximum Gasteiger partial charge on any atom is 0.199 e. The molecule has 0 unspecified atom stereocenters. The molecule has 3 nitrogen and oxygen atoms in total. The van der Waals surface area contributed by atoms with Gasteiger partial charge in [0.05, 0.1) is 5.56 Å². The van der Waals surface area contributed by atoms with E-state index in [9.17, 15) is 4.79 Å². The minimum Gasteiger partial charge on any atom is -0.389 e. The highest BCUT2D eigenvalue weighted by Gasteiger charge is 2.05. The Balaban J connectivity index is 2.89. The standard InChI is InChI=1S/C10H8N2OS/c11-10(14)7-5-12-8-4-2-1-3-6(8)9(7)13/h1-5H,(H2,11,14)(H,12,13). The summed E-state index contributed by atoms with van der Waals surface area (Å²) in [6.07, 6.45) is 1.55. The summed E-state index contributed by atoms with van der Waals surface area (Å²) in [6.45, 7) is 0. The summed E-state index contributed by atoms with van der Waals surface area (Å²) in [5.41, 5.74) is 6.45. The van der Waals surface area contributed by atoms with Gasteiger partial charge in [0, 0.05) is 17.1 Å². The van der Waals surface area contributed by atoms with Crippen molar-refractivity contribution in [2.75, 3.05) is 0 Å². The number of nitrogens with two attached hydrogens (primary N) is 1. The molecule has 1 aromatic carbocycles. The first-order valence-corrected chi connectivity index (χ1v) is 4.51. The summed E-state index contributed by atoms with van der Waals surface area (Å²) in [5.74, 6) is 0. The third-order valence-electron chi connectivity index (χ3n) is 2.05. The molecule has 0 spiro atoms. The lowest BCUT2D eigenvalue weighted by atomic mass is 10.1. The van der Waals surface area contributed by atoms with Crippen molar-refractivity contribution in [2.45, 2.75) is 0 Å². The van der Waals surface area contributed by atoms with E-state index in [1.165, 1.54) is 0 Å². The lowest BCUT2D eigenvalue weighted by Crippen LogP contribution is -2.20. The number of thiocarbonyl (C=S) groups is 1. The van der Waals surface area contributed by atoms with Crippen molar-refractivity contribution in [1.82, 2.24) is 4.98 Å². The highest BCUT2D eigenvalue weighted by molar-refractivity contribution is 7.80. The van der Waals surface area contributed by atoms with Crippen LogP contribution in [0.5, 0.6) is 0 Å². The number of H-pyrrole nitrogens is 1. The number of aromatic amines is 1. The highest BCUT2D eigenvalue weighted by atomic mass is 32.1. The summed E-state index contributed by atoms with van der Waals surface area (Å²) < 4.78 is 0. The van der Waals surface area contributed by atoms with Crippen LogP contribution in [0.4, 0.5) is 0 Å². The van der Waals surface area contributed by atoms with Gasteiger partial charge in [-0.2, -0.15) is 0 Å². The van der Waals surface area contributed by atoms with Crippen molar-refractivity contribution in [3.8, 4) is 0 Å². The number of rotatable bonds is 1. The van der Waals surface area contributed by atoms with E-state index in [2.05, 4.69) is 4.98 Å². The molecule has 0 saturated carbocycles. The second-order valence-corrected chi connectivity index (χ2v) is 3.38. The van der Waals surface area contributed by atoms with Crippen molar-refractivity contribution in [1.29, 1.82) is 0 Å². The predicted octanol–water partition coefficient (Wildman–Crippen LogP) is 1.16. The Morgan fingerprint density at radius 2 is 2.07 bits per heavy atom. The summed E-state index contributed by atoms with van der Waals surface area (Å²) in [5, 5.41) is 0.609. The molecule has 0 radical (unpaired) electrons. The van der Waals surface area contributed by atoms with E-state index >= 15 is 0 Å². The van der Waals surface area contributed by atoms with Crippen LogP contribution < -0.4 is 11.2 Å². The van der Waals surface area contributed by atoms with Gasteiger partial charge in [-0.05, 0) is 12.1 Å². The third kappa shape index (κ3) is 1.29. The van der Waals surface area contributed by atoms with Crippen LogP contribution in [0.15, 0.2) is 35.3 Å². The second kappa shape index (κ2) is 3.23. The number of aromatic nitrogens is 1. The van der Waals surface area contributed by atoms with Gasteiger partial charge in [0.2, 0.25) is 0 Å².